The van der Waals surface area contributed by atoms with Gasteiger partial charge in [-0.2, -0.15) is 5.26 Å². The van der Waals surface area contributed by atoms with Crippen molar-refractivity contribution in [3.05, 3.63) is 33.9 Å². The van der Waals surface area contributed by atoms with E-state index in [1.807, 2.05) is 11.0 Å². The molecule has 0 radical (unpaired) electrons. The molecule has 1 saturated heterocycles. The van der Waals surface area contributed by atoms with Gasteiger partial charge in [0.15, 0.2) is 0 Å². The van der Waals surface area contributed by atoms with Gasteiger partial charge in [-0.05, 0) is 18.6 Å². The van der Waals surface area contributed by atoms with E-state index in [0.717, 1.165) is 18.7 Å². The summed E-state index contributed by atoms with van der Waals surface area (Å²) in [6.45, 7) is 1.49. The molecule has 1 aromatic carbocycles. The van der Waals surface area contributed by atoms with Gasteiger partial charge in [0.2, 0.25) is 0 Å². The summed E-state index contributed by atoms with van der Waals surface area (Å²) in [4.78, 5) is 12.3. The largest absolute Gasteiger partial charge is 0.370 e. The number of nitrogens with zero attached hydrogens (tertiary/aromatic N) is 3. The first-order chi connectivity index (χ1) is 8.11. The van der Waals surface area contributed by atoms with Crippen LogP contribution in [0.2, 0.25) is 0 Å². The van der Waals surface area contributed by atoms with Crippen molar-refractivity contribution in [1.82, 2.24) is 0 Å². The van der Waals surface area contributed by atoms with E-state index in [1.165, 1.54) is 12.1 Å². The van der Waals surface area contributed by atoms with Crippen LogP contribution in [0.25, 0.3) is 0 Å². The number of nitrogens with two attached hydrogens (primary N) is 1. The topological polar surface area (TPSA) is 96.2 Å². The Labute approximate surface area is 98.4 Å². The summed E-state index contributed by atoms with van der Waals surface area (Å²) in [5.74, 6) is 0. The first-order valence-electron chi connectivity index (χ1n) is 5.31. The zero-order valence-corrected chi connectivity index (χ0v) is 9.17. The molecule has 1 aliphatic rings. The van der Waals surface area contributed by atoms with Gasteiger partial charge in [-0.1, -0.05) is 0 Å². The minimum absolute atomic E-state index is 0.0854. The van der Waals surface area contributed by atoms with Crippen LogP contribution in [0, 0.1) is 21.4 Å². The highest BCUT2D eigenvalue weighted by Gasteiger charge is 2.22. The van der Waals surface area contributed by atoms with Gasteiger partial charge in [-0.3, -0.25) is 10.1 Å². The summed E-state index contributed by atoms with van der Waals surface area (Å²) in [7, 11) is 0. The Hall–Kier alpha value is -2.13. The van der Waals surface area contributed by atoms with E-state index in [1.54, 1.807) is 6.07 Å². The van der Waals surface area contributed by atoms with Crippen molar-refractivity contribution in [2.45, 2.75) is 12.5 Å². The molecule has 1 fully saturated rings. The Morgan fingerprint density at radius 3 is 2.88 bits per heavy atom. The van der Waals surface area contributed by atoms with Gasteiger partial charge in [0, 0.05) is 30.9 Å². The Balaban J connectivity index is 2.35. The smallest absolute Gasteiger partial charge is 0.289 e. The van der Waals surface area contributed by atoms with Crippen LogP contribution < -0.4 is 10.6 Å². The maximum absolute atomic E-state index is 10.8. The molecule has 0 saturated carbocycles. The molecule has 0 amide bonds. The van der Waals surface area contributed by atoms with Crippen LogP contribution in [0.1, 0.15) is 12.0 Å². The molecule has 17 heavy (non-hydrogen) atoms. The summed E-state index contributed by atoms with van der Waals surface area (Å²) < 4.78 is 0. The van der Waals surface area contributed by atoms with Crippen LogP contribution >= 0.6 is 0 Å². The Bertz CT molecular complexity index is 495. The zero-order valence-electron chi connectivity index (χ0n) is 9.17. The van der Waals surface area contributed by atoms with Gasteiger partial charge in [0.05, 0.1) is 4.92 Å². The number of nitro benzene ring substituents is 1. The number of nitriles is 1. The number of rotatable bonds is 2. The fourth-order valence-electron chi connectivity index (χ4n) is 1.98. The first kappa shape index (κ1) is 11.4. The van der Waals surface area contributed by atoms with Crippen molar-refractivity contribution >= 4 is 11.4 Å². The average Bonchev–Trinajstić information content (AvgIpc) is 2.75. The minimum atomic E-state index is -0.530. The predicted molar refractivity (Wildman–Crippen MR) is 62.6 cm³/mol. The lowest BCUT2D eigenvalue weighted by atomic mass is 10.1. The van der Waals surface area contributed by atoms with Gasteiger partial charge < -0.3 is 10.6 Å². The molecule has 0 spiro atoms. The third-order valence-corrected chi connectivity index (χ3v) is 2.89. The minimum Gasteiger partial charge on any atom is -0.370 e. The van der Waals surface area contributed by atoms with Crippen molar-refractivity contribution in [2.75, 3.05) is 18.0 Å². The van der Waals surface area contributed by atoms with Crippen molar-refractivity contribution < 1.29 is 4.92 Å². The summed E-state index contributed by atoms with van der Waals surface area (Å²) >= 11 is 0. The number of benzene rings is 1. The second-order valence-electron chi connectivity index (χ2n) is 4.07. The second kappa shape index (κ2) is 4.39. The number of anilines is 1. The predicted octanol–water partition coefficient (Wildman–Crippen LogP) is 1.00. The fourth-order valence-corrected chi connectivity index (χ4v) is 1.98. The highest BCUT2D eigenvalue weighted by molar-refractivity contribution is 5.60. The van der Waals surface area contributed by atoms with Crippen LogP contribution in [0.3, 0.4) is 0 Å². The molecule has 6 nitrogen and oxygen atoms in total. The van der Waals surface area contributed by atoms with Crippen LogP contribution in [0.5, 0.6) is 0 Å². The first-order valence-corrected chi connectivity index (χ1v) is 5.31. The lowest BCUT2D eigenvalue weighted by Gasteiger charge is -2.17. The SMILES string of the molecule is N#Cc1ccc(N2CCC(N)C2)cc1[N+](=O)[O-]. The fraction of sp³-hybridized carbons (Fsp3) is 0.364. The number of hydrogen-bond donors (Lipinski definition) is 1. The lowest BCUT2D eigenvalue weighted by Crippen LogP contribution is -2.26. The van der Waals surface area contributed by atoms with Crippen LogP contribution in [-0.4, -0.2) is 24.1 Å². The highest BCUT2D eigenvalue weighted by Crippen LogP contribution is 2.27. The van der Waals surface area contributed by atoms with E-state index in [0.29, 0.717) is 6.54 Å². The van der Waals surface area contributed by atoms with Gasteiger partial charge in [-0.25, -0.2) is 0 Å². The lowest BCUT2D eigenvalue weighted by molar-refractivity contribution is -0.385. The van der Waals surface area contributed by atoms with Crippen LogP contribution in [0.15, 0.2) is 18.2 Å². The van der Waals surface area contributed by atoms with Gasteiger partial charge in [0.1, 0.15) is 11.6 Å². The summed E-state index contributed by atoms with van der Waals surface area (Å²) in [5.41, 5.74) is 6.48. The Morgan fingerprint density at radius 1 is 1.59 bits per heavy atom. The van der Waals surface area contributed by atoms with E-state index in [2.05, 4.69) is 0 Å². The number of nitro groups is 1. The third-order valence-electron chi connectivity index (χ3n) is 2.89. The average molecular weight is 232 g/mol. The normalized spacial score (nSPS) is 19.1. The third kappa shape index (κ3) is 2.19. The van der Waals surface area contributed by atoms with Gasteiger partial charge >= 0.3 is 0 Å². The molecule has 2 rings (SSSR count). The monoisotopic (exact) mass is 232 g/mol. The van der Waals surface area contributed by atoms with Crippen LogP contribution in [0.4, 0.5) is 11.4 Å². The molecule has 2 N–H and O–H groups in total. The Morgan fingerprint density at radius 2 is 2.35 bits per heavy atom. The maximum Gasteiger partial charge on any atom is 0.289 e. The van der Waals surface area contributed by atoms with Crippen LogP contribution in [-0.2, 0) is 0 Å². The van der Waals surface area contributed by atoms with E-state index in [4.69, 9.17) is 11.0 Å². The summed E-state index contributed by atoms with van der Waals surface area (Å²) in [6.07, 6.45) is 0.883. The molecule has 6 heteroatoms. The Kier molecular flexibility index (Phi) is 2.93. The van der Waals surface area contributed by atoms with Crippen molar-refractivity contribution in [3.8, 4) is 6.07 Å². The molecule has 0 aliphatic carbocycles. The van der Waals surface area contributed by atoms with Crippen molar-refractivity contribution in [2.24, 2.45) is 5.73 Å². The molecule has 88 valence electrons. The molecular formula is C11H12N4O2. The molecule has 1 heterocycles. The quantitative estimate of drug-likeness (QED) is 0.606. The van der Waals surface area contributed by atoms with Gasteiger partial charge in [0.25, 0.3) is 5.69 Å². The molecule has 1 aromatic rings. The molecule has 1 unspecified atom stereocenters. The zero-order chi connectivity index (χ0) is 12.4. The van der Waals surface area contributed by atoms with E-state index < -0.39 is 4.92 Å². The molecule has 1 aliphatic heterocycles. The second-order valence-corrected chi connectivity index (χ2v) is 4.07. The van der Waals surface area contributed by atoms with E-state index in [9.17, 15) is 10.1 Å². The molecule has 1 atom stereocenters. The highest BCUT2D eigenvalue weighted by atomic mass is 16.6. The molecule has 0 bridgehead atoms. The molecule has 0 aromatic heterocycles. The van der Waals surface area contributed by atoms with Crippen molar-refractivity contribution in [3.63, 3.8) is 0 Å². The van der Waals surface area contributed by atoms with Crippen molar-refractivity contribution in [1.29, 1.82) is 5.26 Å². The van der Waals surface area contributed by atoms with Gasteiger partial charge in [-0.15, -0.1) is 0 Å². The summed E-state index contributed by atoms with van der Waals surface area (Å²) in [6, 6.07) is 6.58. The van der Waals surface area contributed by atoms with E-state index in [-0.39, 0.29) is 17.3 Å². The molecular weight excluding hydrogens is 220 g/mol. The standard InChI is InChI=1S/C11H12N4O2/c12-6-8-1-2-10(5-11(8)15(16)17)14-4-3-9(13)7-14/h1-2,5,9H,3-4,7,13H2. The number of hydrogen-bond acceptors (Lipinski definition) is 5. The van der Waals surface area contributed by atoms with E-state index >= 15 is 0 Å². The maximum atomic E-state index is 10.8. The summed E-state index contributed by atoms with van der Waals surface area (Å²) in [5, 5.41) is 19.6.